The van der Waals surface area contributed by atoms with Gasteiger partial charge in [0.2, 0.25) is 0 Å². The van der Waals surface area contributed by atoms with Crippen LogP contribution in [-0.4, -0.2) is 29.8 Å². The Kier molecular flexibility index (Phi) is 6.70. The minimum absolute atomic E-state index is 0.156. The molecular weight excluding hydrogens is 414 g/mol. The van der Waals surface area contributed by atoms with Crippen LogP contribution in [-0.2, 0) is 29.1 Å². The molecule has 6 nitrogen and oxygen atoms in total. The van der Waals surface area contributed by atoms with Crippen LogP contribution in [0.3, 0.4) is 0 Å². The smallest absolute Gasteiger partial charge is 0.309 e. The lowest BCUT2D eigenvalue weighted by atomic mass is 9.98. The van der Waals surface area contributed by atoms with Gasteiger partial charge in [-0.05, 0) is 47.4 Å². The van der Waals surface area contributed by atoms with Gasteiger partial charge in [0.1, 0.15) is 5.76 Å². The van der Waals surface area contributed by atoms with Crippen molar-refractivity contribution in [1.29, 1.82) is 0 Å². The van der Waals surface area contributed by atoms with Crippen molar-refractivity contribution < 1.29 is 14.0 Å². The standard InChI is InChI=1S/C24H24ClN3O3/c25-20-9-7-17(8-10-20)14-26-23(29)24(30)27-15-21(22-6-3-13-31-22)28-12-11-18-4-1-2-5-19(18)16-28/h1-10,13,21H,11-12,14-16H2,(H,26,29)(H,27,30). The van der Waals surface area contributed by atoms with E-state index >= 15 is 0 Å². The number of furan rings is 1. The van der Waals surface area contributed by atoms with E-state index in [1.165, 1.54) is 11.1 Å². The zero-order valence-corrected chi connectivity index (χ0v) is 17.8. The van der Waals surface area contributed by atoms with Crippen LogP contribution in [0.15, 0.2) is 71.3 Å². The Morgan fingerprint density at radius 3 is 2.45 bits per heavy atom. The Balaban J connectivity index is 1.36. The van der Waals surface area contributed by atoms with E-state index in [9.17, 15) is 9.59 Å². The summed E-state index contributed by atoms with van der Waals surface area (Å²) >= 11 is 5.87. The molecule has 2 amide bonds. The van der Waals surface area contributed by atoms with Crippen LogP contribution in [0, 0.1) is 0 Å². The molecule has 0 radical (unpaired) electrons. The Labute approximate surface area is 186 Å². The molecule has 2 heterocycles. The highest BCUT2D eigenvalue weighted by Gasteiger charge is 2.27. The summed E-state index contributed by atoms with van der Waals surface area (Å²) in [5, 5.41) is 6.02. The van der Waals surface area contributed by atoms with Crippen molar-refractivity contribution in [3.05, 3.63) is 94.4 Å². The fourth-order valence-corrected chi connectivity index (χ4v) is 3.93. The van der Waals surface area contributed by atoms with Gasteiger partial charge in [-0.25, -0.2) is 0 Å². The molecule has 2 aromatic carbocycles. The van der Waals surface area contributed by atoms with Crippen LogP contribution in [0.5, 0.6) is 0 Å². The second-order valence-corrected chi connectivity index (χ2v) is 7.98. The van der Waals surface area contributed by atoms with Gasteiger partial charge in [-0.15, -0.1) is 0 Å². The summed E-state index contributed by atoms with van der Waals surface area (Å²) in [6.07, 6.45) is 2.56. The summed E-state index contributed by atoms with van der Waals surface area (Å²) in [4.78, 5) is 26.9. The minimum Gasteiger partial charge on any atom is -0.468 e. The van der Waals surface area contributed by atoms with Gasteiger partial charge in [-0.2, -0.15) is 0 Å². The molecule has 2 N–H and O–H groups in total. The predicted octanol–water partition coefficient (Wildman–Crippen LogP) is 3.47. The minimum atomic E-state index is -0.669. The van der Waals surface area contributed by atoms with Gasteiger partial charge in [0.05, 0.1) is 12.3 Å². The molecule has 1 aromatic heterocycles. The van der Waals surface area contributed by atoms with Gasteiger partial charge >= 0.3 is 11.8 Å². The third-order valence-corrected chi connectivity index (χ3v) is 5.75. The second-order valence-electron chi connectivity index (χ2n) is 7.54. The van der Waals surface area contributed by atoms with Gasteiger partial charge in [-0.1, -0.05) is 48.0 Å². The molecule has 0 saturated carbocycles. The summed E-state index contributed by atoms with van der Waals surface area (Å²) in [5.41, 5.74) is 3.49. The molecule has 7 heteroatoms. The Morgan fingerprint density at radius 2 is 1.71 bits per heavy atom. The molecule has 1 unspecified atom stereocenters. The molecule has 1 aliphatic rings. The van der Waals surface area contributed by atoms with Crippen LogP contribution in [0.4, 0.5) is 0 Å². The number of carbonyl (C=O) groups is 2. The quantitative estimate of drug-likeness (QED) is 0.579. The van der Waals surface area contributed by atoms with Gasteiger partial charge in [0.15, 0.2) is 0 Å². The lowest BCUT2D eigenvalue weighted by molar-refractivity contribution is -0.139. The highest BCUT2D eigenvalue weighted by Crippen LogP contribution is 2.27. The van der Waals surface area contributed by atoms with E-state index < -0.39 is 11.8 Å². The van der Waals surface area contributed by atoms with E-state index in [1.807, 2.05) is 30.3 Å². The first-order valence-corrected chi connectivity index (χ1v) is 10.6. The van der Waals surface area contributed by atoms with Crippen LogP contribution in [0.2, 0.25) is 5.02 Å². The van der Waals surface area contributed by atoms with Crippen molar-refractivity contribution in [1.82, 2.24) is 15.5 Å². The van der Waals surface area contributed by atoms with Crippen molar-refractivity contribution in [2.45, 2.75) is 25.6 Å². The van der Waals surface area contributed by atoms with Crippen molar-refractivity contribution in [3.8, 4) is 0 Å². The summed E-state index contributed by atoms with van der Waals surface area (Å²) in [5.74, 6) is -0.568. The molecule has 0 spiro atoms. The number of hydrogen-bond donors (Lipinski definition) is 2. The van der Waals surface area contributed by atoms with Crippen molar-refractivity contribution in [2.75, 3.05) is 13.1 Å². The molecule has 3 aromatic rings. The first-order chi connectivity index (χ1) is 15.1. The number of hydrogen-bond acceptors (Lipinski definition) is 4. The lowest BCUT2D eigenvalue weighted by Gasteiger charge is -2.34. The van der Waals surface area contributed by atoms with Crippen LogP contribution >= 0.6 is 11.6 Å². The molecule has 0 saturated heterocycles. The van der Waals surface area contributed by atoms with Gasteiger partial charge < -0.3 is 15.1 Å². The number of nitrogens with one attached hydrogen (secondary N) is 2. The molecule has 1 aliphatic heterocycles. The third kappa shape index (κ3) is 5.34. The van der Waals surface area contributed by atoms with E-state index in [4.69, 9.17) is 16.0 Å². The third-order valence-electron chi connectivity index (χ3n) is 5.50. The summed E-state index contributed by atoms with van der Waals surface area (Å²) in [7, 11) is 0. The number of fused-ring (bicyclic) bond motifs is 1. The van der Waals surface area contributed by atoms with Crippen LogP contribution in [0.1, 0.15) is 28.5 Å². The first kappa shape index (κ1) is 21.2. The molecule has 0 bridgehead atoms. The van der Waals surface area contributed by atoms with Crippen molar-refractivity contribution >= 4 is 23.4 Å². The van der Waals surface area contributed by atoms with E-state index in [0.717, 1.165) is 30.8 Å². The number of amides is 2. The molecule has 0 fully saturated rings. The number of halogens is 1. The summed E-state index contributed by atoms with van der Waals surface area (Å²) in [6.45, 7) is 2.15. The Morgan fingerprint density at radius 1 is 0.968 bits per heavy atom. The molecular formula is C24H24ClN3O3. The van der Waals surface area contributed by atoms with Gasteiger partial charge in [-0.3, -0.25) is 14.5 Å². The summed E-state index contributed by atoms with van der Waals surface area (Å²) in [6, 6.07) is 19.1. The van der Waals surface area contributed by atoms with Crippen molar-refractivity contribution in [2.24, 2.45) is 0 Å². The Hall–Kier alpha value is -3.09. The average molecular weight is 438 g/mol. The first-order valence-electron chi connectivity index (χ1n) is 10.2. The Bertz CT molecular complexity index is 1030. The maximum absolute atomic E-state index is 12.4. The second kappa shape index (κ2) is 9.81. The largest absolute Gasteiger partial charge is 0.468 e. The zero-order chi connectivity index (χ0) is 21.6. The van der Waals surface area contributed by atoms with Crippen LogP contribution in [0.25, 0.3) is 0 Å². The summed E-state index contributed by atoms with van der Waals surface area (Å²) < 4.78 is 5.64. The predicted molar refractivity (Wildman–Crippen MR) is 118 cm³/mol. The fraction of sp³-hybridized carbons (Fsp3) is 0.250. The number of carbonyl (C=O) groups excluding carboxylic acids is 2. The zero-order valence-electron chi connectivity index (χ0n) is 17.0. The van der Waals surface area contributed by atoms with E-state index in [0.29, 0.717) is 5.02 Å². The fourth-order valence-electron chi connectivity index (χ4n) is 3.81. The van der Waals surface area contributed by atoms with Gasteiger partial charge in [0.25, 0.3) is 0 Å². The van der Waals surface area contributed by atoms with E-state index in [2.05, 4.69) is 33.7 Å². The number of rotatable bonds is 6. The molecule has 31 heavy (non-hydrogen) atoms. The van der Waals surface area contributed by atoms with E-state index in [1.54, 1.807) is 18.4 Å². The van der Waals surface area contributed by atoms with Crippen LogP contribution < -0.4 is 10.6 Å². The maximum Gasteiger partial charge on any atom is 0.309 e. The SMILES string of the molecule is O=C(NCc1ccc(Cl)cc1)C(=O)NCC(c1ccco1)N1CCc2ccccc2C1. The lowest BCUT2D eigenvalue weighted by Crippen LogP contribution is -2.45. The maximum atomic E-state index is 12.4. The number of nitrogens with zero attached hydrogens (tertiary/aromatic N) is 1. The molecule has 160 valence electrons. The number of benzene rings is 2. The monoisotopic (exact) mass is 437 g/mol. The molecule has 4 rings (SSSR count). The van der Waals surface area contributed by atoms with Gasteiger partial charge in [0, 0.05) is 31.2 Å². The average Bonchev–Trinajstić information content (AvgIpc) is 3.33. The normalized spacial score (nSPS) is 14.5. The molecule has 0 aliphatic carbocycles. The topological polar surface area (TPSA) is 74.6 Å². The highest BCUT2D eigenvalue weighted by molar-refractivity contribution is 6.35. The van der Waals surface area contributed by atoms with E-state index in [-0.39, 0.29) is 19.1 Å². The van der Waals surface area contributed by atoms with Crippen molar-refractivity contribution in [3.63, 3.8) is 0 Å². The molecule has 1 atom stereocenters. The highest BCUT2D eigenvalue weighted by atomic mass is 35.5.